The number of likely N-dealkylation sites (N-methyl/N-ethyl adjacent to an activating group) is 1. The monoisotopic (exact) mass is 290 g/mol. The summed E-state index contributed by atoms with van der Waals surface area (Å²) in [5, 5.41) is 12.2. The lowest BCUT2D eigenvalue weighted by Gasteiger charge is -2.33. The van der Waals surface area contributed by atoms with Crippen LogP contribution < -0.4 is 5.32 Å². The maximum Gasteiger partial charge on any atom is 0.305 e. The van der Waals surface area contributed by atoms with Crippen molar-refractivity contribution in [3.8, 4) is 0 Å². The van der Waals surface area contributed by atoms with Gasteiger partial charge in [0.05, 0.1) is 12.5 Å². The van der Waals surface area contributed by atoms with Crippen LogP contribution in [-0.4, -0.2) is 40.5 Å². The Hall–Kier alpha value is -1.88. The minimum atomic E-state index is -0.879. The van der Waals surface area contributed by atoms with Gasteiger partial charge in [0.2, 0.25) is 5.91 Å². The molecule has 21 heavy (non-hydrogen) atoms. The highest BCUT2D eigenvalue weighted by atomic mass is 16.4. The summed E-state index contributed by atoms with van der Waals surface area (Å²) in [5.41, 5.74) is 2.42. The number of amides is 1. The van der Waals surface area contributed by atoms with Crippen LogP contribution in [0.15, 0.2) is 24.3 Å². The zero-order valence-corrected chi connectivity index (χ0v) is 12.5. The number of carboxylic acid groups (broad SMARTS) is 1. The Balaban J connectivity index is 2.07. The SMILES string of the molecule is CCN(C(=O)[C@@H]1Cc2ccccc2CN1)C(C)CC(=O)O. The summed E-state index contributed by atoms with van der Waals surface area (Å²) in [5.74, 6) is -0.892. The van der Waals surface area contributed by atoms with Gasteiger partial charge in [-0.2, -0.15) is 0 Å². The average molecular weight is 290 g/mol. The number of benzene rings is 1. The van der Waals surface area contributed by atoms with Crippen LogP contribution in [-0.2, 0) is 22.6 Å². The molecular weight excluding hydrogens is 268 g/mol. The maximum absolute atomic E-state index is 12.6. The summed E-state index contributed by atoms with van der Waals surface area (Å²) < 4.78 is 0. The highest BCUT2D eigenvalue weighted by molar-refractivity contribution is 5.83. The number of fused-ring (bicyclic) bond motifs is 1. The third-order valence-corrected chi connectivity index (χ3v) is 4.01. The number of aliphatic carboxylic acids is 1. The van der Waals surface area contributed by atoms with Gasteiger partial charge in [-0.15, -0.1) is 0 Å². The molecule has 1 aromatic rings. The van der Waals surface area contributed by atoms with Crippen LogP contribution in [0.1, 0.15) is 31.4 Å². The fraction of sp³-hybridized carbons (Fsp3) is 0.500. The highest BCUT2D eigenvalue weighted by Crippen LogP contribution is 2.18. The number of carbonyl (C=O) groups is 2. The second-order valence-electron chi connectivity index (χ2n) is 5.48. The molecule has 5 heteroatoms. The summed E-state index contributed by atoms with van der Waals surface area (Å²) in [6, 6.07) is 7.53. The number of hydrogen-bond donors (Lipinski definition) is 2. The lowest BCUT2D eigenvalue weighted by atomic mass is 9.95. The van der Waals surface area contributed by atoms with Crippen LogP contribution in [0.5, 0.6) is 0 Å². The molecule has 0 spiro atoms. The molecule has 0 aliphatic carbocycles. The summed E-state index contributed by atoms with van der Waals surface area (Å²) in [7, 11) is 0. The number of carboxylic acids is 1. The molecule has 114 valence electrons. The van der Waals surface area contributed by atoms with Crippen LogP contribution >= 0.6 is 0 Å². The van der Waals surface area contributed by atoms with Gasteiger partial charge < -0.3 is 15.3 Å². The molecule has 0 radical (unpaired) electrons. The molecule has 5 nitrogen and oxygen atoms in total. The maximum atomic E-state index is 12.6. The number of rotatable bonds is 5. The van der Waals surface area contributed by atoms with Crippen molar-refractivity contribution in [2.45, 2.75) is 45.3 Å². The molecular formula is C16H22N2O3. The molecule has 1 aliphatic rings. The Kier molecular flexibility index (Phi) is 4.96. The van der Waals surface area contributed by atoms with Crippen LogP contribution in [0.3, 0.4) is 0 Å². The number of carbonyl (C=O) groups excluding carboxylic acids is 1. The topological polar surface area (TPSA) is 69.6 Å². The molecule has 0 saturated heterocycles. The smallest absolute Gasteiger partial charge is 0.305 e. The van der Waals surface area contributed by atoms with E-state index < -0.39 is 5.97 Å². The standard InChI is InChI=1S/C16H22N2O3/c1-3-18(11(2)8-15(19)20)16(21)14-9-12-6-4-5-7-13(12)10-17-14/h4-7,11,14,17H,3,8-10H2,1-2H3,(H,19,20)/t11?,14-/m0/s1. The van der Waals surface area contributed by atoms with Crippen molar-refractivity contribution in [1.82, 2.24) is 10.2 Å². The van der Waals surface area contributed by atoms with Crippen molar-refractivity contribution in [2.24, 2.45) is 0 Å². The molecule has 2 rings (SSSR count). The molecule has 1 unspecified atom stereocenters. The van der Waals surface area contributed by atoms with Gasteiger partial charge in [-0.3, -0.25) is 9.59 Å². The van der Waals surface area contributed by atoms with E-state index >= 15 is 0 Å². The molecule has 0 bridgehead atoms. The first-order chi connectivity index (χ1) is 10.0. The Bertz CT molecular complexity index is 530. The summed E-state index contributed by atoms with van der Waals surface area (Å²) >= 11 is 0. The third kappa shape index (κ3) is 3.61. The van der Waals surface area contributed by atoms with Crippen molar-refractivity contribution in [3.63, 3.8) is 0 Å². The Morgan fingerprint density at radius 3 is 2.67 bits per heavy atom. The molecule has 2 atom stereocenters. The van der Waals surface area contributed by atoms with Gasteiger partial charge in [-0.25, -0.2) is 0 Å². The molecule has 0 saturated carbocycles. The number of nitrogens with zero attached hydrogens (tertiary/aromatic N) is 1. The molecule has 1 aromatic carbocycles. The van der Waals surface area contributed by atoms with E-state index in [9.17, 15) is 9.59 Å². The Morgan fingerprint density at radius 2 is 2.05 bits per heavy atom. The van der Waals surface area contributed by atoms with Gasteiger partial charge in [0.25, 0.3) is 0 Å². The quantitative estimate of drug-likeness (QED) is 0.860. The van der Waals surface area contributed by atoms with Crippen LogP contribution in [0.4, 0.5) is 0 Å². The first-order valence-corrected chi connectivity index (χ1v) is 7.35. The highest BCUT2D eigenvalue weighted by Gasteiger charge is 2.30. The zero-order valence-electron chi connectivity index (χ0n) is 12.5. The van der Waals surface area contributed by atoms with Crippen molar-refractivity contribution in [3.05, 3.63) is 35.4 Å². The van der Waals surface area contributed by atoms with E-state index in [1.165, 1.54) is 11.1 Å². The van der Waals surface area contributed by atoms with Crippen LogP contribution in [0, 0.1) is 0 Å². The molecule has 2 N–H and O–H groups in total. The fourth-order valence-corrected chi connectivity index (χ4v) is 2.88. The third-order valence-electron chi connectivity index (χ3n) is 4.01. The minimum absolute atomic E-state index is 0.0132. The second kappa shape index (κ2) is 6.72. The van der Waals surface area contributed by atoms with Gasteiger partial charge in [-0.05, 0) is 31.4 Å². The van der Waals surface area contributed by atoms with E-state index in [-0.39, 0.29) is 24.4 Å². The largest absolute Gasteiger partial charge is 0.481 e. The van der Waals surface area contributed by atoms with E-state index in [0.717, 1.165) is 0 Å². The van der Waals surface area contributed by atoms with Crippen molar-refractivity contribution in [1.29, 1.82) is 0 Å². The summed E-state index contributed by atoms with van der Waals surface area (Å²) in [6.07, 6.45) is 0.633. The van der Waals surface area contributed by atoms with Gasteiger partial charge in [-0.1, -0.05) is 24.3 Å². The first-order valence-electron chi connectivity index (χ1n) is 7.35. The molecule has 0 aromatic heterocycles. The molecule has 1 amide bonds. The molecule has 1 heterocycles. The van der Waals surface area contributed by atoms with E-state index in [4.69, 9.17) is 5.11 Å². The Morgan fingerprint density at radius 1 is 1.38 bits per heavy atom. The normalized spacial score (nSPS) is 18.7. The van der Waals surface area contributed by atoms with Crippen LogP contribution in [0.2, 0.25) is 0 Å². The van der Waals surface area contributed by atoms with Crippen molar-refractivity contribution < 1.29 is 14.7 Å². The number of hydrogen-bond acceptors (Lipinski definition) is 3. The average Bonchev–Trinajstić information content (AvgIpc) is 2.46. The van der Waals surface area contributed by atoms with Crippen molar-refractivity contribution in [2.75, 3.05) is 6.54 Å². The van der Waals surface area contributed by atoms with E-state index in [1.807, 2.05) is 25.1 Å². The predicted octanol–water partition coefficient (Wildman–Crippen LogP) is 1.41. The Labute approximate surface area is 125 Å². The van der Waals surface area contributed by atoms with Gasteiger partial charge >= 0.3 is 5.97 Å². The second-order valence-corrected chi connectivity index (χ2v) is 5.48. The van der Waals surface area contributed by atoms with E-state index in [2.05, 4.69) is 11.4 Å². The molecule has 0 fully saturated rings. The van der Waals surface area contributed by atoms with Gasteiger partial charge in [0.1, 0.15) is 0 Å². The minimum Gasteiger partial charge on any atom is -0.481 e. The van der Waals surface area contributed by atoms with Gasteiger partial charge in [0, 0.05) is 19.1 Å². The van der Waals surface area contributed by atoms with Crippen molar-refractivity contribution >= 4 is 11.9 Å². The fourth-order valence-electron chi connectivity index (χ4n) is 2.88. The zero-order chi connectivity index (χ0) is 15.4. The number of nitrogens with one attached hydrogen (secondary N) is 1. The molecule has 1 aliphatic heterocycles. The van der Waals surface area contributed by atoms with E-state index in [1.54, 1.807) is 11.8 Å². The predicted molar refractivity (Wildman–Crippen MR) is 79.9 cm³/mol. The first kappa shape index (κ1) is 15.5. The van der Waals surface area contributed by atoms with Crippen LogP contribution in [0.25, 0.3) is 0 Å². The summed E-state index contributed by atoms with van der Waals surface area (Å²) in [6.45, 7) is 4.86. The lowest BCUT2D eigenvalue weighted by molar-refractivity contribution is -0.141. The lowest BCUT2D eigenvalue weighted by Crippen LogP contribution is -2.52. The van der Waals surface area contributed by atoms with Gasteiger partial charge in [0.15, 0.2) is 0 Å². The van der Waals surface area contributed by atoms with E-state index in [0.29, 0.717) is 19.5 Å². The summed E-state index contributed by atoms with van der Waals surface area (Å²) in [4.78, 5) is 25.1.